The molecule has 0 radical (unpaired) electrons. The van der Waals surface area contributed by atoms with Gasteiger partial charge in [-0.15, -0.1) is 0 Å². The number of nitrogens with zero attached hydrogens (tertiary/aromatic N) is 1. The lowest BCUT2D eigenvalue weighted by Gasteiger charge is -2.35. The van der Waals surface area contributed by atoms with Gasteiger partial charge in [-0.3, -0.25) is 9.59 Å². The van der Waals surface area contributed by atoms with Crippen LogP contribution in [0.2, 0.25) is 0 Å². The van der Waals surface area contributed by atoms with Gasteiger partial charge in [-0.05, 0) is 29.8 Å². The summed E-state index contributed by atoms with van der Waals surface area (Å²) in [5, 5.41) is 2.71. The number of alkyl halides is 3. The monoisotopic (exact) mass is 348 g/mol. The summed E-state index contributed by atoms with van der Waals surface area (Å²) >= 11 is 0. The van der Waals surface area contributed by atoms with Crippen LogP contribution < -0.4 is 5.32 Å². The van der Waals surface area contributed by atoms with Crippen molar-refractivity contribution in [3.05, 3.63) is 71.3 Å². The van der Waals surface area contributed by atoms with Crippen molar-refractivity contribution in [1.82, 2.24) is 10.2 Å². The maximum absolute atomic E-state index is 12.8. The molecule has 7 heteroatoms. The lowest BCUT2D eigenvalue weighted by molar-refractivity contribution is -0.137. The molecule has 0 saturated carbocycles. The first-order chi connectivity index (χ1) is 11.9. The Morgan fingerprint density at radius 2 is 1.68 bits per heavy atom. The zero-order valence-corrected chi connectivity index (χ0v) is 13.1. The molecular weight excluding hydrogens is 333 g/mol. The number of hydrogen-bond acceptors (Lipinski definition) is 2. The van der Waals surface area contributed by atoms with Gasteiger partial charge in [0.1, 0.15) is 6.04 Å². The Hall–Kier alpha value is -2.83. The third-order valence-corrected chi connectivity index (χ3v) is 4.05. The summed E-state index contributed by atoms with van der Waals surface area (Å²) in [4.78, 5) is 26.4. The molecule has 1 fully saturated rings. The van der Waals surface area contributed by atoms with Crippen molar-refractivity contribution in [3.63, 3.8) is 0 Å². The van der Waals surface area contributed by atoms with Crippen molar-refractivity contribution in [3.8, 4) is 0 Å². The number of rotatable bonds is 2. The number of hydrogen-bond donors (Lipinski definition) is 1. The number of halogens is 3. The van der Waals surface area contributed by atoms with Crippen LogP contribution in [0.3, 0.4) is 0 Å². The van der Waals surface area contributed by atoms with Gasteiger partial charge in [0.15, 0.2) is 0 Å². The maximum atomic E-state index is 12.8. The Bertz CT molecular complexity index is 773. The van der Waals surface area contributed by atoms with Gasteiger partial charge in [0.2, 0.25) is 5.91 Å². The SMILES string of the molecule is O=C1NCCN(C(=O)c2ccc(C(F)(F)F)cc2)C1c1ccccc1. The molecule has 0 aliphatic carbocycles. The standard InChI is InChI=1S/C18H15F3N2O2/c19-18(20,21)14-8-6-13(7-9-14)17(25)23-11-10-22-16(24)15(23)12-4-2-1-3-5-12/h1-9,15H,10-11H2,(H,22,24). The summed E-state index contributed by atoms with van der Waals surface area (Å²) in [6.07, 6.45) is -4.46. The minimum absolute atomic E-state index is 0.114. The second kappa shape index (κ2) is 6.58. The minimum atomic E-state index is -4.46. The number of nitrogens with one attached hydrogen (secondary N) is 1. The molecule has 1 N–H and O–H groups in total. The zero-order chi connectivity index (χ0) is 18.0. The van der Waals surface area contributed by atoms with Gasteiger partial charge in [-0.2, -0.15) is 13.2 Å². The van der Waals surface area contributed by atoms with Crippen molar-refractivity contribution in [1.29, 1.82) is 0 Å². The van der Waals surface area contributed by atoms with Crippen LogP contribution in [0.5, 0.6) is 0 Å². The van der Waals surface area contributed by atoms with Crippen molar-refractivity contribution in [2.24, 2.45) is 0 Å². The summed E-state index contributed by atoms with van der Waals surface area (Å²) in [5.74, 6) is -0.782. The predicted octanol–water partition coefficient (Wildman–Crippen LogP) is 3.02. The van der Waals surface area contributed by atoms with Crippen molar-refractivity contribution in [2.45, 2.75) is 12.2 Å². The van der Waals surface area contributed by atoms with Crippen LogP contribution in [-0.2, 0) is 11.0 Å². The molecule has 1 aliphatic heterocycles. The number of piperazine rings is 1. The summed E-state index contributed by atoms with van der Waals surface area (Å²) in [6.45, 7) is 0.583. The van der Waals surface area contributed by atoms with Crippen LogP contribution >= 0.6 is 0 Å². The third kappa shape index (κ3) is 3.50. The smallest absolute Gasteiger partial charge is 0.352 e. The number of carbonyl (C=O) groups excluding carboxylic acids is 2. The van der Waals surface area contributed by atoms with Gasteiger partial charge < -0.3 is 10.2 Å². The first-order valence-electron chi connectivity index (χ1n) is 7.69. The van der Waals surface area contributed by atoms with Gasteiger partial charge in [0, 0.05) is 18.7 Å². The van der Waals surface area contributed by atoms with E-state index in [1.165, 1.54) is 4.90 Å². The van der Waals surface area contributed by atoms with E-state index in [9.17, 15) is 22.8 Å². The summed E-state index contributed by atoms with van der Waals surface area (Å²) in [6, 6.07) is 12.0. The highest BCUT2D eigenvalue weighted by molar-refractivity contribution is 5.98. The number of amides is 2. The van der Waals surface area contributed by atoms with Crippen molar-refractivity contribution < 1.29 is 22.8 Å². The molecule has 1 saturated heterocycles. The molecule has 4 nitrogen and oxygen atoms in total. The molecule has 1 atom stereocenters. The number of carbonyl (C=O) groups is 2. The van der Waals surface area contributed by atoms with Gasteiger partial charge >= 0.3 is 6.18 Å². The van der Waals surface area contributed by atoms with Crippen molar-refractivity contribution in [2.75, 3.05) is 13.1 Å². The second-order valence-electron chi connectivity index (χ2n) is 5.68. The largest absolute Gasteiger partial charge is 0.416 e. The van der Waals surface area contributed by atoms with Gasteiger partial charge in [-0.25, -0.2) is 0 Å². The molecule has 1 aliphatic rings. The Morgan fingerprint density at radius 3 is 2.28 bits per heavy atom. The van der Waals surface area contributed by atoms with E-state index in [0.29, 0.717) is 12.1 Å². The van der Waals surface area contributed by atoms with Gasteiger partial charge in [-0.1, -0.05) is 30.3 Å². The Labute approximate surface area is 142 Å². The molecule has 0 bridgehead atoms. The van der Waals surface area contributed by atoms with E-state index < -0.39 is 23.7 Å². The van der Waals surface area contributed by atoms with Crippen LogP contribution in [0.15, 0.2) is 54.6 Å². The lowest BCUT2D eigenvalue weighted by atomic mass is 10.0. The van der Waals surface area contributed by atoms with E-state index in [1.54, 1.807) is 30.3 Å². The Morgan fingerprint density at radius 1 is 1.04 bits per heavy atom. The Balaban J connectivity index is 1.90. The molecule has 0 spiro atoms. The molecule has 2 aromatic carbocycles. The molecule has 3 rings (SSSR count). The molecular formula is C18H15F3N2O2. The highest BCUT2D eigenvalue weighted by Crippen LogP contribution is 2.30. The summed E-state index contributed by atoms with van der Waals surface area (Å²) in [5.41, 5.74) is -0.0522. The highest BCUT2D eigenvalue weighted by atomic mass is 19.4. The molecule has 2 amide bonds. The minimum Gasteiger partial charge on any atom is -0.352 e. The molecule has 0 aromatic heterocycles. The van der Waals surface area contributed by atoms with Crippen LogP contribution in [0.4, 0.5) is 13.2 Å². The van der Waals surface area contributed by atoms with Gasteiger partial charge in [0.25, 0.3) is 5.91 Å². The average Bonchev–Trinajstić information content (AvgIpc) is 2.61. The number of benzene rings is 2. The van der Waals surface area contributed by atoms with Crippen molar-refractivity contribution >= 4 is 11.8 Å². The second-order valence-corrected chi connectivity index (χ2v) is 5.68. The quantitative estimate of drug-likeness (QED) is 0.907. The summed E-state index contributed by atoms with van der Waals surface area (Å²) < 4.78 is 38.0. The Kier molecular flexibility index (Phi) is 4.48. The first-order valence-corrected chi connectivity index (χ1v) is 7.69. The van der Waals surface area contributed by atoms with Crippen LogP contribution in [-0.4, -0.2) is 29.8 Å². The average molecular weight is 348 g/mol. The molecule has 1 unspecified atom stereocenters. The highest BCUT2D eigenvalue weighted by Gasteiger charge is 2.35. The van der Waals surface area contributed by atoms with E-state index in [1.807, 2.05) is 0 Å². The fourth-order valence-corrected chi connectivity index (χ4v) is 2.82. The molecule has 1 heterocycles. The normalized spacial score (nSPS) is 18.0. The zero-order valence-electron chi connectivity index (χ0n) is 13.1. The van der Waals surface area contributed by atoms with E-state index >= 15 is 0 Å². The molecule has 130 valence electrons. The van der Waals surface area contributed by atoms with Crippen LogP contribution in [0.1, 0.15) is 27.5 Å². The van der Waals surface area contributed by atoms with E-state index in [2.05, 4.69) is 5.32 Å². The van der Waals surface area contributed by atoms with E-state index in [4.69, 9.17) is 0 Å². The van der Waals surface area contributed by atoms with Gasteiger partial charge in [0.05, 0.1) is 5.56 Å². The lowest BCUT2D eigenvalue weighted by Crippen LogP contribution is -2.52. The van der Waals surface area contributed by atoms with Crippen LogP contribution in [0, 0.1) is 0 Å². The molecule has 2 aromatic rings. The fourth-order valence-electron chi connectivity index (χ4n) is 2.82. The van der Waals surface area contributed by atoms with E-state index in [-0.39, 0.29) is 18.0 Å². The molecule has 25 heavy (non-hydrogen) atoms. The van der Waals surface area contributed by atoms with E-state index in [0.717, 1.165) is 24.3 Å². The third-order valence-electron chi connectivity index (χ3n) is 4.05. The topological polar surface area (TPSA) is 49.4 Å². The maximum Gasteiger partial charge on any atom is 0.416 e. The van der Waals surface area contributed by atoms with Crippen LogP contribution in [0.25, 0.3) is 0 Å². The predicted molar refractivity (Wildman–Crippen MR) is 84.7 cm³/mol. The fraction of sp³-hybridized carbons (Fsp3) is 0.222. The summed E-state index contributed by atoms with van der Waals surface area (Å²) in [7, 11) is 0. The first kappa shape index (κ1) is 17.0.